The fourth-order valence-corrected chi connectivity index (χ4v) is 2.45. The van der Waals surface area contributed by atoms with Crippen LogP contribution in [0.25, 0.3) is 0 Å². The number of nitrogens with one attached hydrogen (secondary N) is 1. The highest BCUT2D eigenvalue weighted by Gasteiger charge is 2.19. The lowest BCUT2D eigenvalue weighted by molar-refractivity contribution is 0.349. The van der Waals surface area contributed by atoms with Gasteiger partial charge in [-0.3, -0.25) is 0 Å². The molecular weight excluding hydrogens is 324 g/mol. The van der Waals surface area contributed by atoms with E-state index in [4.69, 9.17) is 0 Å². The van der Waals surface area contributed by atoms with E-state index in [1.165, 1.54) is 12.1 Å². The lowest BCUT2D eigenvalue weighted by Gasteiger charge is -2.21. The zero-order valence-electron chi connectivity index (χ0n) is 12.6. The summed E-state index contributed by atoms with van der Waals surface area (Å²) in [6.45, 7) is 10.3. The molecule has 0 aliphatic rings. The largest absolute Gasteiger partial charge is 0.316 e. The first-order chi connectivity index (χ1) is 9.32. The summed E-state index contributed by atoms with van der Waals surface area (Å²) in [6.07, 6.45) is 0.418. The second kappa shape index (κ2) is 8.08. The molecule has 0 saturated heterocycles. The van der Waals surface area contributed by atoms with Gasteiger partial charge in [0.05, 0.1) is 4.47 Å². The molecule has 2 unspecified atom stereocenters. The molecule has 114 valence electrons. The predicted octanol–water partition coefficient (Wildman–Crippen LogP) is 4.79. The maximum atomic E-state index is 13.9. The van der Waals surface area contributed by atoms with Gasteiger partial charge in [-0.15, -0.1) is 0 Å². The topological polar surface area (TPSA) is 12.0 Å². The number of hydrogen-bond donors (Lipinski definition) is 1. The summed E-state index contributed by atoms with van der Waals surface area (Å²) in [7, 11) is 0. The molecule has 0 bridgehead atoms. The van der Waals surface area contributed by atoms with Crippen LogP contribution in [-0.4, -0.2) is 13.1 Å². The second-order valence-corrected chi connectivity index (χ2v) is 6.89. The third-order valence-corrected chi connectivity index (χ3v) is 4.27. The van der Waals surface area contributed by atoms with Crippen LogP contribution in [0, 0.1) is 29.4 Å². The van der Waals surface area contributed by atoms with E-state index in [-0.39, 0.29) is 11.5 Å². The highest BCUT2D eigenvalue weighted by Crippen LogP contribution is 2.26. The number of rotatable bonds is 7. The molecule has 4 heteroatoms. The molecule has 1 N–H and O–H groups in total. The Bertz CT molecular complexity index is 435. The van der Waals surface area contributed by atoms with Crippen LogP contribution in [-0.2, 0) is 6.42 Å². The Morgan fingerprint density at radius 2 is 1.70 bits per heavy atom. The molecule has 0 heterocycles. The van der Waals surface area contributed by atoms with Gasteiger partial charge in [-0.1, -0.05) is 27.7 Å². The maximum absolute atomic E-state index is 13.9. The molecule has 1 aromatic rings. The highest BCUT2D eigenvalue weighted by atomic mass is 79.9. The smallest absolute Gasteiger partial charge is 0.143 e. The molecular formula is C16H24BrF2N. The first-order valence-corrected chi connectivity index (χ1v) is 7.95. The van der Waals surface area contributed by atoms with Gasteiger partial charge in [-0.05, 0) is 65.3 Å². The molecule has 2 atom stereocenters. The van der Waals surface area contributed by atoms with E-state index in [1.54, 1.807) is 0 Å². The number of benzene rings is 1. The van der Waals surface area contributed by atoms with Crippen molar-refractivity contribution in [2.45, 2.75) is 34.1 Å². The molecule has 0 aliphatic heterocycles. The monoisotopic (exact) mass is 347 g/mol. The van der Waals surface area contributed by atoms with E-state index in [0.717, 1.165) is 13.1 Å². The molecule has 0 aliphatic carbocycles. The average Bonchev–Trinajstić information content (AvgIpc) is 2.38. The van der Waals surface area contributed by atoms with Crippen LogP contribution in [0.1, 0.15) is 33.3 Å². The van der Waals surface area contributed by atoms with Gasteiger partial charge in [0.2, 0.25) is 0 Å². The molecule has 20 heavy (non-hydrogen) atoms. The fraction of sp³-hybridized carbons (Fsp3) is 0.625. The molecule has 0 fully saturated rings. The summed E-state index contributed by atoms with van der Waals surface area (Å²) in [5, 5.41) is 3.40. The normalized spacial score (nSPS) is 14.6. The van der Waals surface area contributed by atoms with Crippen molar-refractivity contribution in [2.24, 2.45) is 17.8 Å². The predicted molar refractivity (Wildman–Crippen MR) is 83.8 cm³/mol. The van der Waals surface area contributed by atoms with Crippen LogP contribution >= 0.6 is 15.9 Å². The van der Waals surface area contributed by atoms with E-state index < -0.39 is 11.6 Å². The van der Waals surface area contributed by atoms with Gasteiger partial charge in [0, 0.05) is 5.56 Å². The van der Waals surface area contributed by atoms with Gasteiger partial charge >= 0.3 is 0 Å². The van der Waals surface area contributed by atoms with Crippen molar-refractivity contribution in [3.8, 4) is 0 Å². The van der Waals surface area contributed by atoms with Crippen molar-refractivity contribution in [2.75, 3.05) is 13.1 Å². The number of hydrogen-bond acceptors (Lipinski definition) is 1. The quantitative estimate of drug-likeness (QED) is 0.699. The number of halogens is 3. The third kappa shape index (κ3) is 5.13. The van der Waals surface area contributed by atoms with Gasteiger partial charge in [-0.2, -0.15) is 0 Å². The minimum Gasteiger partial charge on any atom is -0.316 e. The first kappa shape index (κ1) is 17.6. The van der Waals surface area contributed by atoms with Crippen LogP contribution in [0.2, 0.25) is 0 Å². The van der Waals surface area contributed by atoms with Crippen LogP contribution in [0.15, 0.2) is 16.6 Å². The second-order valence-electron chi connectivity index (χ2n) is 6.03. The lowest BCUT2D eigenvalue weighted by atomic mass is 9.89. The van der Waals surface area contributed by atoms with Crippen LogP contribution < -0.4 is 5.32 Å². The minimum atomic E-state index is -0.473. The highest BCUT2D eigenvalue weighted by molar-refractivity contribution is 9.10. The van der Waals surface area contributed by atoms with Gasteiger partial charge in [0.15, 0.2) is 0 Å². The van der Waals surface area contributed by atoms with Gasteiger partial charge in [0.1, 0.15) is 11.6 Å². The van der Waals surface area contributed by atoms with E-state index >= 15 is 0 Å². The van der Waals surface area contributed by atoms with Gasteiger partial charge in [0.25, 0.3) is 0 Å². The molecule has 1 rings (SSSR count). The molecule has 0 saturated carbocycles. The van der Waals surface area contributed by atoms with Gasteiger partial charge < -0.3 is 5.32 Å². The van der Waals surface area contributed by atoms with Crippen molar-refractivity contribution >= 4 is 15.9 Å². The average molecular weight is 348 g/mol. The van der Waals surface area contributed by atoms with Crippen LogP contribution in [0.5, 0.6) is 0 Å². The third-order valence-electron chi connectivity index (χ3n) is 3.66. The Morgan fingerprint density at radius 3 is 2.30 bits per heavy atom. The molecule has 1 nitrogen and oxygen atoms in total. The van der Waals surface area contributed by atoms with Crippen molar-refractivity contribution in [1.82, 2.24) is 5.32 Å². The van der Waals surface area contributed by atoms with E-state index in [2.05, 4.69) is 42.0 Å². The van der Waals surface area contributed by atoms with E-state index in [9.17, 15) is 8.78 Å². The van der Waals surface area contributed by atoms with Crippen molar-refractivity contribution in [1.29, 1.82) is 0 Å². The summed E-state index contributed by atoms with van der Waals surface area (Å²) < 4.78 is 28.0. The zero-order chi connectivity index (χ0) is 15.3. The lowest BCUT2D eigenvalue weighted by Crippen LogP contribution is -2.29. The maximum Gasteiger partial charge on any atom is 0.143 e. The van der Waals surface area contributed by atoms with E-state index in [1.807, 2.05) is 6.92 Å². The molecule has 0 amide bonds. The Morgan fingerprint density at radius 1 is 1.05 bits per heavy atom. The minimum absolute atomic E-state index is 0.183. The Labute approximate surface area is 129 Å². The van der Waals surface area contributed by atoms with Gasteiger partial charge in [-0.25, -0.2) is 8.78 Å². The van der Waals surface area contributed by atoms with Crippen LogP contribution in [0.4, 0.5) is 8.78 Å². The van der Waals surface area contributed by atoms with Crippen LogP contribution in [0.3, 0.4) is 0 Å². The summed E-state index contributed by atoms with van der Waals surface area (Å²) in [6, 6.07) is 2.73. The Kier molecular flexibility index (Phi) is 7.10. The van der Waals surface area contributed by atoms with Crippen molar-refractivity contribution in [3.05, 3.63) is 33.8 Å². The standard InChI is InChI=1S/C16H24BrF2N/c1-10(2)8-20-9-12(4)11(3)7-13-15(18)6-5-14(17)16(13)19/h5-6,10-12,20H,7-9H2,1-4H3. The summed E-state index contributed by atoms with van der Waals surface area (Å²) in [5.41, 5.74) is 0.183. The summed E-state index contributed by atoms with van der Waals surface area (Å²) in [5.74, 6) is 0.260. The molecule has 0 radical (unpaired) electrons. The van der Waals surface area contributed by atoms with E-state index in [0.29, 0.717) is 22.7 Å². The molecule has 0 spiro atoms. The zero-order valence-corrected chi connectivity index (χ0v) is 14.2. The van der Waals surface area contributed by atoms with Crippen molar-refractivity contribution in [3.63, 3.8) is 0 Å². The molecule has 1 aromatic carbocycles. The molecule has 0 aromatic heterocycles. The summed E-state index contributed by atoms with van der Waals surface area (Å²) >= 11 is 3.11. The first-order valence-electron chi connectivity index (χ1n) is 7.16. The fourth-order valence-electron chi connectivity index (χ4n) is 2.08. The van der Waals surface area contributed by atoms with Crippen molar-refractivity contribution < 1.29 is 8.78 Å². The SMILES string of the molecule is CC(C)CNCC(C)C(C)Cc1c(F)ccc(Br)c1F. The summed E-state index contributed by atoms with van der Waals surface area (Å²) in [4.78, 5) is 0. The Balaban J connectivity index is 2.61. The Hall–Kier alpha value is -0.480.